The van der Waals surface area contributed by atoms with Crippen LogP contribution >= 0.6 is 48.0 Å². The van der Waals surface area contributed by atoms with Gasteiger partial charge in [0, 0.05) is 1.43 Å². The molecule has 1 heterocycles. The monoisotopic (exact) mass is 682 g/mol. The Balaban J connectivity index is 0.00000616. The van der Waals surface area contributed by atoms with Gasteiger partial charge in [0.25, 0.3) is 11.6 Å². The maximum absolute atomic E-state index is 14.0. The van der Waals surface area contributed by atoms with Gasteiger partial charge in [-0.1, -0.05) is 80.2 Å². The Kier molecular flexibility index (Phi) is 17.1. The minimum Gasteiger partial charge on any atom is -0.505 e. The van der Waals surface area contributed by atoms with Crippen molar-refractivity contribution in [1.82, 2.24) is 10.6 Å². The molecule has 1 aliphatic rings. The number of nitrogens with zero attached hydrogens (tertiary/aromatic N) is 1. The third-order valence-electron chi connectivity index (χ3n) is 7.86. The molecule has 0 spiro atoms. The van der Waals surface area contributed by atoms with Crippen molar-refractivity contribution in [1.29, 1.82) is 0 Å². The van der Waals surface area contributed by atoms with Gasteiger partial charge >= 0.3 is 5.97 Å². The highest BCUT2D eigenvalue weighted by Crippen LogP contribution is 2.43. The fraction of sp³-hybridized carbons (Fsp3) is 0.548. The Morgan fingerprint density at radius 2 is 1.74 bits per heavy atom. The maximum Gasteiger partial charge on any atom is 0.391 e. The number of halogens is 4. The van der Waals surface area contributed by atoms with Gasteiger partial charge in [-0.25, -0.2) is 4.79 Å². The lowest BCUT2D eigenvalue weighted by Gasteiger charge is -2.54. The molecule has 0 saturated carbocycles. The number of morpholine rings is 1. The number of quaternary nitrogens is 1. The average molecular weight is 685 g/mol. The fourth-order valence-corrected chi connectivity index (χ4v) is 6.10. The first-order valence-electron chi connectivity index (χ1n) is 14.6. The highest BCUT2D eigenvalue weighted by molar-refractivity contribution is 6.39. The molecule has 0 unspecified atom stereocenters. The number of ether oxygens (including phenoxy) is 2. The van der Waals surface area contributed by atoms with Crippen LogP contribution in [-0.4, -0.2) is 73.6 Å². The number of hydrogen-bond donors (Lipinski definition) is 3. The molecule has 0 radical (unpaired) electrons. The van der Waals surface area contributed by atoms with Gasteiger partial charge in [0.05, 0.1) is 36.7 Å². The second-order valence-corrected chi connectivity index (χ2v) is 11.5. The Morgan fingerprint density at radius 1 is 1.09 bits per heavy atom. The minimum absolute atomic E-state index is 0. The van der Waals surface area contributed by atoms with E-state index in [-0.39, 0.29) is 60.6 Å². The number of hydrogen-bond acceptors (Lipinski definition) is 6. The molecule has 244 valence electrons. The fourth-order valence-electron chi connectivity index (χ4n) is 5.53. The zero-order valence-electron chi connectivity index (χ0n) is 25.3. The summed E-state index contributed by atoms with van der Waals surface area (Å²) >= 11 is 13.0. The number of amides is 1. The van der Waals surface area contributed by atoms with E-state index in [0.29, 0.717) is 30.7 Å². The predicted molar refractivity (Wildman–Crippen MR) is 179 cm³/mol. The molecule has 0 aliphatic carbocycles. The third kappa shape index (κ3) is 9.28. The predicted octanol–water partition coefficient (Wildman–Crippen LogP) is 6.81. The number of unbranched alkanes of at least 4 members (excludes halogenated alkanes) is 3. The molecule has 1 aliphatic heterocycles. The first kappa shape index (κ1) is 39.1. The molecule has 12 heteroatoms. The Morgan fingerprint density at radius 3 is 2.35 bits per heavy atom. The molecular formula is C31H48Cl4N3O5+. The van der Waals surface area contributed by atoms with E-state index in [2.05, 4.69) is 24.5 Å². The number of aromatic hydroxyl groups is 1. The molecule has 0 bridgehead atoms. The summed E-state index contributed by atoms with van der Waals surface area (Å²) in [6.45, 7) is 7.68. The summed E-state index contributed by atoms with van der Waals surface area (Å²) in [5.41, 5.74) is -0.642. The van der Waals surface area contributed by atoms with E-state index in [0.717, 1.165) is 50.6 Å². The van der Waals surface area contributed by atoms with Gasteiger partial charge in [-0.3, -0.25) is 14.6 Å². The number of carbonyl (C=O) groups excluding carboxylic acids is 2. The van der Waals surface area contributed by atoms with Crippen molar-refractivity contribution in [2.45, 2.75) is 64.5 Å². The number of benzene rings is 2. The highest BCUT2D eigenvalue weighted by atomic mass is 35.5. The molecule has 2 aromatic carbocycles. The minimum atomic E-state index is -1.41. The average Bonchev–Trinajstić information content (AvgIpc) is 2.97. The molecule has 43 heavy (non-hydrogen) atoms. The zero-order chi connectivity index (χ0) is 29.9. The molecule has 1 atom stereocenters. The molecule has 3 rings (SSSR count). The quantitative estimate of drug-likeness (QED) is 0.102. The van der Waals surface area contributed by atoms with E-state index >= 15 is 0 Å². The maximum atomic E-state index is 14.0. The second kappa shape index (κ2) is 18.8. The molecule has 1 fully saturated rings. The molecular weight excluding hydrogens is 636 g/mol. The number of phenols is 1. The summed E-state index contributed by atoms with van der Waals surface area (Å²) in [7, 11) is 1.88. The van der Waals surface area contributed by atoms with Crippen LogP contribution in [0.25, 0.3) is 0 Å². The van der Waals surface area contributed by atoms with Crippen molar-refractivity contribution in [3.63, 3.8) is 0 Å². The van der Waals surface area contributed by atoms with Crippen LogP contribution in [0.2, 0.25) is 10.0 Å². The summed E-state index contributed by atoms with van der Waals surface area (Å²) in [4.78, 5) is 27.9. The van der Waals surface area contributed by atoms with Crippen LogP contribution in [0.5, 0.6) is 11.5 Å². The van der Waals surface area contributed by atoms with Gasteiger partial charge < -0.3 is 19.9 Å². The smallest absolute Gasteiger partial charge is 0.391 e. The van der Waals surface area contributed by atoms with Crippen LogP contribution in [-0.2, 0) is 16.0 Å². The SMILES string of the molecule is CCCC[N+]1(CCCC)CCOC(=O)[C@@]1(Cc1ccccc1)NC(=O)c1cc(Cl)c(OCCCCNC)c(Cl)c1O.Cl.Cl.[HH]. The highest BCUT2D eigenvalue weighted by Gasteiger charge is 2.61. The number of cyclic esters (lactones) is 1. The van der Waals surface area contributed by atoms with E-state index in [1.807, 2.05) is 37.4 Å². The lowest BCUT2D eigenvalue weighted by molar-refractivity contribution is -0.974. The van der Waals surface area contributed by atoms with E-state index in [4.69, 9.17) is 32.7 Å². The Bertz CT molecular complexity index is 1170. The topological polar surface area (TPSA) is 96.9 Å². The van der Waals surface area contributed by atoms with Gasteiger partial charge in [0.2, 0.25) is 0 Å². The van der Waals surface area contributed by atoms with Crippen LogP contribution in [0.15, 0.2) is 36.4 Å². The van der Waals surface area contributed by atoms with E-state index in [1.165, 1.54) is 6.07 Å². The van der Waals surface area contributed by atoms with Gasteiger partial charge in [-0.05, 0) is 50.9 Å². The Labute approximate surface area is 279 Å². The molecule has 8 nitrogen and oxygen atoms in total. The summed E-state index contributed by atoms with van der Waals surface area (Å²) < 4.78 is 11.8. The number of esters is 1. The molecule has 0 aromatic heterocycles. The summed E-state index contributed by atoms with van der Waals surface area (Å²) in [6, 6.07) is 11.0. The van der Waals surface area contributed by atoms with Crippen molar-refractivity contribution < 1.29 is 30.1 Å². The first-order valence-corrected chi connectivity index (χ1v) is 15.4. The van der Waals surface area contributed by atoms with Gasteiger partial charge in [-0.2, -0.15) is 0 Å². The van der Waals surface area contributed by atoms with Gasteiger partial charge in [0.1, 0.15) is 18.2 Å². The van der Waals surface area contributed by atoms with E-state index < -0.39 is 23.3 Å². The van der Waals surface area contributed by atoms with Crippen LogP contribution in [0, 0.1) is 0 Å². The lowest BCUT2D eigenvalue weighted by atomic mass is 9.91. The standard InChI is InChI=1S/C31H43Cl2N3O5.2ClH.H2/c1-4-6-16-36(17-7-5-2)18-20-41-30(39)31(36,22-23-13-9-8-10-14-23)35-29(38)24-21-25(32)28(26(33)27(24)37)40-19-12-11-15-34-3;;;/h8-10,13-14,21,34H,4-7,11-12,15-20,22H2,1-3H3,(H-,35,37,38);3*1H/p+1/t31-;;;/m0.../s1. The Hall–Kier alpha value is -1.94. The summed E-state index contributed by atoms with van der Waals surface area (Å²) in [6.07, 6.45) is 5.54. The van der Waals surface area contributed by atoms with Crippen molar-refractivity contribution in [2.75, 3.05) is 46.4 Å². The zero-order valence-corrected chi connectivity index (χ0v) is 28.4. The number of carbonyl (C=O) groups is 2. The van der Waals surface area contributed by atoms with Crippen LogP contribution in [0.4, 0.5) is 0 Å². The van der Waals surface area contributed by atoms with Gasteiger partial charge in [-0.15, -0.1) is 24.8 Å². The van der Waals surface area contributed by atoms with Crippen molar-refractivity contribution in [3.05, 3.63) is 57.6 Å². The van der Waals surface area contributed by atoms with Crippen LogP contribution < -0.4 is 15.4 Å². The second-order valence-electron chi connectivity index (χ2n) is 10.7. The molecule has 3 N–H and O–H groups in total. The largest absolute Gasteiger partial charge is 0.505 e. The van der Waals surface area contributed by atoms with Crippen molar-refractivity contribution in [3.8, 4) is 11.5 Å². The first-order chi connectivity index (χ1) is 19.7. The molecule has 2 aromatic rings. The van der Waals surface area contributed by atoms with Crippen molar-refractivity contribution >= 4 is 59.9 Å². The molecule has 1 saturated heterocycles. The summed E-state index contributed by atoms with van der Waals surface area (Å²) in [5.74, 6) is -1.46. The van der Waals surface area contributed by atoms with E-state index in [1.54, 1.807) is 0 Å². The van der Waals surface area contributed by atoms with Crippen LogP contribution in [0.1, 0.15) is 69.7 Å². The lowest BCUT2D eigenvalue weighted by Crippen LogP contribution is -2.80. The molecule has 1 amide bonds. The number of nitrogens with one attached hydrogen (secondary N) is 2. The number of rotatable bonds is 16. The van der Waals surface area contributed by atoms with Crippen LogP contribution in [0.3, 0.4) is 0 Å². The van der Waals surface area contributed by atoms with Gasteiger partial charge in [0.15, 0.2) is 11.5 Å². The normalized spacial score (nSPS) is 17.3. The summed E-state index contributed by atoms with van der Waals surface area (Å²) in [5, 5.41) is 17.1. The number of phenolic OH excluding ortho intramolecular Hbond substituents is 1. The third-order valence-corrected chi connectivity index (χ3v) is 8.50. The van der Waals surface area contributed by atoms with E-state index in [9.17, 15) is 14.7 Å². The van der Waals surface area contributed by atoms with Crippen molar-refractivity contribution in [2.24, 2.45) is 0 Å².